The van der Waals surface area contributed by atoms with Crippen molar-refractivity contribution in [2.75, 3.05) is 6.54 Å². The van der Waals surface area contributed by atoms with E-state index in [0.717, 1.165) is 5.56 Å². The van der Waals surface area contributed by atoms with Crippen LogP contribution in [0.25, 0.3) is 0 Å². The third-order valence-corrected chi connectivity index (χ3v) is 2.47. The van der Waals surface area contributed by atoms with E-state index in [1.54, 1.807) is 24.3 Å². The van der Waals surface area contributed by atoms with Crippen LogP contribution in [0.15, 0.2) is 24.3 Å². The fourth-order valence-electron chi connectivity index (χ4n) is 1.55. The Hall–Kier alpha value is -2.28. The number of benzene rings is 1. The first-order valence-electron chi connectivity index (χ1n) is 6.43. The van der Waals surface area contributed by atoms with Crippen LogP contribution in [0.4, 0.5) is 0 Å². The highest BCUT2D eigenvalue weighted by molar-refractivity contribution is 5.92. The summed E-state index contributed by atoms with van der Waals surface area (Å²) >= 11 is 0. The molecule has 20 heavy (non-hydrogen) atoms. The van der Waals surface area contributed by atoms with Crippen molar-refractivity contribution in [3.63, 3.8) is 0 Å². The Morgan fingerprint density at radius 2 is 1.80 bits per heavy atom. The fraction of sp³-hybridized carbons (Fsp3) is 0.375. The van der Waals surface area contributed by atoms with Crippen molar-refractivity contribution in [3.8, 4) is 11.8 Å². The number of nitrogens with two attached hydrogens (primary N) is 1. The maximum atomic E-state index is 11.6. The van der Waals surface area contributed by atoms with E-state index in [4.69, 9.17) is 5.73 Å². The summed E-state index contributed by atoms with van der Waals surface area (Å²) in [6, 6.07) is 6.71. The van der Waals surface area contributed by atoms with E-state index >= 15 is 0 Å². The molecule has 0 unspecified atom stereocenters. The lowest BCUT2D eigenvalue weighted by atomic mass is 9.92. The highest BCUT2D eigenvalue weighted by Crippen LogP contribution is 2.17. The minimum atomic E-state index is -0.459. The number of hydrogen-bond donors (Lipinski definition) is 2. The molecule has 106 valence electrons. The zero-order chi connectivity index (χ0) is 15.2. The lowest BCUT2D eigenvalue weighted by Crippen LogP contribution is -2.27. The maximum Gasteiger partial charge on any atom is 0.248 e. The van der Waals surface area contributed by atoms with Gasteiger partial charge in [0.05, 0.1) is 6.54 Å². The van der Waals surface area contributed by atoms with Gasteiger partial charge in [0.25, 0.3) is 0 Å². The van der Waals surface area contributed by atoms with Gasteiger partial charge in [-0.25, -0.2) is 0 Å². The van der Waals surface area contributed by atoms with E-state index in [1.165, 1.54) is 0 Å². The molecule has 1 rings (SSSR count). The molecular formula is C16H20N2O2. The summed E-state index contributed by atoms with van der Waals surface area (Å²) < 4.78 is 0. The maximum absolute atomic E-state index is 11.6. The van der Waals surface area contributed by atoms with Crippen molar-refractivity contribution in [2.45, 2.75) is 27.2 Å². The summed E-state index contributed by atoms with van der Waals surface area (Å²) in [4.78, 5) is 22.5. The number of rotatable bonds is 3. The second-order valence-electron chi connectivity index (χ2n) is 5.76. The average molecular weight is 272 g/mol. The highest BCUT2D eigenvalue weighted by Gasteiger charge is 2.14. The number of nitrogens with one attached hydrogen (secondary N) is 1. The molecule has 0 radical (unpaired) electrons. The van der Waals surface area contributed by atoms with E-state index in [-0.39, 0.29) is 11.3 Å². The molecule has 0 heterocycles. The van der Waals surface area contributed by atoms with Crippen LogP contribution < -0.4 is 11.1 Å². The van der Waals surface area contributed by atoms with Gasteiger partial charge in [0.1, 0.15) is 0 Å². The van der Waals surface area contributed by atoms with E-state index in [1.807, 2.05) is 20.8 Å². The monoisotopic (exact) mass is 272 g/mol. The summed E-state index contributed by atoms with van der Waals surface area (Å²) in [6.07, 6.45) is 0.474. The lowest BCUT2D eigenvalue weighted by Gasteiger charge is -2.16. The predicted molar refractivity (Wildman–Crippen MR) is 78.9 cm³/mol. The molecule has 2 amide bonds. The molecule has 4 nitrogen and oxygen atoms in total. The first-order chi connectivity index (χ1) is 9.28. The van der Waals surface area contributed by atoms with E-state index < -0.39 is 5.91 Å². The topological polar surface area (TPSA) is 72.2 Å². The number of hydrogen-bond acceptors (Lipinski definition) is 2. The summed E-state index contributed by atoms with van der Waals surface area (Å²) in [5.41, 5.74) is 6.35. The summed E-state index contributed by atoms with van der Waals surface area (Å²) in [7, 11) is 0. The number of primary amides is 1. The molecular weight excluding hydrogens is 252 g/mol. The van der Waals surface area contributed by atoms with Crippen LogP contribution in [0.1, 0.15) is 43.1 Å². The van der Waals surface area contributed by atoms with Crippen molar-refractivity contribution >= 4 is 11.8 Å². The van der Waals surface area contributed by atoms with Crippen LogP contribution in [-0.2, 0) is 4.79 Å². The molecule has 0 aromatic heterocycles. The molecule has 0 aliphatic carbocycles. The first kappa shape index (κ1) is 15.8. The Kier molecular flexibility index (Phi) is 5.33. The van der Waals surface area contributed by atoms with Crippen LogP contribution in [0.3, 0.4) is 0 Å². The quantitative estimate of drug-likeness (QED) is 0.822. The Labute approximate surface area is 119 Å². The number of amides is 2. The van der Waals surface area contributed by atoms with E-state index in [0.29, 0.717) is 18.5 Å². The Morgan fingerprint density at radius 1 is 1.20 bits per heavy atom. The molecule has 4 heteroatoms. The van der Waals surface area contributed by atoms with Gasteiger partial charge in [-0.1, -0.05) is 32.6 Å². The van der Waals surface area contributed by atoms with Gasteiger partial charge in [-0.05, 0) is 29.7 Å². The molecule has 3 N–H and O–H groups in total. The number of carbonyl (C=O) groups excluding carboxylic acids is 2. The van der Waals surface area contributed by atoms with Crippen LogP contribution in [0.2, 0.25) is 0 Å². The summed E-state index contributed by atoms with van der Waals surface area (Å²) in [6.45, 7) is 6.35. The molecule has 0 fully saturated rings. The van der Waals surface area contributed by atoms with Gasteiger partial charge in [0.2, 0.25) is 11.8 Å². The Morgan fingerprint density at radius 3 is 2.30 bits per heavy atom. The van der Waals surface area contributed by atoms with Gasteiger partial charge in [0.15, 0.2) is 0 Å². The zero-order valence-electron chi connectivity index (χ0n) is 12.1. The molecule has 1 aromatic carbocycles. The van der Waals surface area contributed by atoms with Gasteiger partial charge in [0, 0.05) is 17.5 Å². The van der Waals surface area contributed by atoms with E-state index in [9.17, 15) is 9.59 Å². The zero-order valence-corrected chi connectivity index (χ0v) is 12.1. The molecule has 1 aromatic rings. The van der Waals surface area contributed by atoms with Gasteiger partial charge in [-0.2, -0.15) is 0 Å². The first-order valence-corrected chi connectivity index (χ1v) is 6.43. The Bertz CT molecular complexity index is 543. The molecule has 0 aliphatic heterocycles. The molecule has 0 bridgehead atoms. The van der Waals surface area contributed by atoms with Crippen molar-refractivity contribution in [1.29, 1.82) is 0 Å². The molecule has 0 spiro atoms. The summed E-state index contributed by atoms with van der Waals surface area (Å²) in [5, 5.41) is 2.75. The van der Waals surface area contributed by atoms with Gasteiger partial charge in [-0.15, -0.1) is 0 Å². The lowest BCUT2D eigenvalue weighted by molar-refractivity contribution is -0.122. The van der Waals surface area contributed by atoms with Crippen molar-refractivity contribution in [1.82, 2.24) is 5.32 Å². The predicted octanol–water partition coefficient (Wildman–Crippen LogP) is 1.69. The standard InChI is InChI=1S/C16H20N2O2/c1-16(2,3)11-14(19)18-10-4-5-12-6-8-13(9-7-12)15(17)20/h6-9H,10-11H2,1-3H3,(H2,17,20)(H,18,19). The van der Waals surface area contributed by atoms with Gasteiger partial charge < -0.3 is 11.1 Å². The summed E-state index contributed by atoms with van der Waals surface area (Å²) in [5.74, 6) is 5.32. The third-order valence-electron chi connectivity index (χ3n) is 2.47. The smallest absolute Gasteiger partial charge is 0.248 e. The van der Waals surface area contributed by atoms with Crippen LogP contribution in [0.5, 0.6) is 0 Å². The molecule has 0 atom stereocenters. The minimum absolute atomic E-state index is 0.00382. The minimum Gasteiger partial charge on any atom is -0.366 e. The van der Waals surface area contributed by atoms with E-state index in [2.05, 4.69) is 17.2 Å². The van der Waals surface area contributed by atoms with Gasteiger partial charge in [-0.3, -0.25) is 9.59 Å². The van der Waals surface area contributed by atoms with Crippen molar-refractivity contribution in [3.05, 3.63) is 35.4 Å². The van der Waals surface area contributed by atoms with Crippen LogP contribution >= 0.6 is 0 Å². The van der Waals surface area contributed by atoms with Crippen LogP contribution in [0, 0.1) is 17.3 Å². The third kappa shape index (κ3) is 6.05. The Balaban J connectivity index is 2.47. The molecule has 0 saturated carbocycles. The van der Waals surface area contributed by atoms with Crippen molar-refractivity contribution < 1.29 is 9.59 Å². The molecule has 0 aliphatic rings. The highest BCUT2D eigenvalue weighted by atomic mass is 16.1. The fourth-order valence-corrected chi connectivity index (χ4v) is 1.55. The second-order valence-corrected chi connectivity index (χ2v) is 5.76. The SMILES string of the molecule is CC(C)(C)CC(=O)NCC#Cc1ccc(C(N)=O)cc1. The normalized spacial score (nSPS) is 10.3. The average Bonchev–Trinajstić information content (AvgIpc) is 2.33. The largest absolute Gasteiger partial charge is 0.366 e. The molecule has 0 saturated heterocycles. The van der Waals surface area contributed by atoms with Gasteiger partial charge >= 0.3 is 0 Å². The second kappa shape index (κ2) is 6.76. The van der Waals surface area contributed by atoms with Crippen LogP contribution in [-0.4, -0.2) is 18.4 Å². The number of carbonyl (C=O) groups is 2. The van der Waals surface area contributed by atoms with Crippen molar-refractivity contribution in [2.24, 2.45) is 11.1 Å².